The van der Waals surface area contributed by atoms with Crippen molar-refractivity contribution >= 4 is 12.4 Å². The quantitative estimate of drug-likeness (QED) is 0.836. The average molecular weight is 390 g/mol. The van der Waals surface area contributed by atoms with Crippen molar-refractivity contribution in [3.8, 4) is 11.5 Å². The van der Waals surface area contributed by atoms with E-state index in [2.05, 4.69) is 24.0 Å². The van der Waals surface area contributed by atoms with Gasteiger partial charge in [-0.05, 0) is 36.6 Å². The number of piperidine rings is 1. The molecular formula is C22H28ClNO3. The largest absolute Gasteiger partial charge is 0.508 e. The molecule has 0 radical (unpaired) electrons. The van der Waals surface area contributed by atoms with Crippen LogP contribution in [0.15, 0.2) is 48.5 Å². The van der Waals surface area contributed by atoms with Crippen molar-refractivity contribution in [2.24, 2.45) is 0 Å². The Morgan fingerprint density at radius 3 is 2.56 bits per heavy atom. The van der Waals surface area contributed by atoms with Gasteiger partial charge in [0.1, 0.15) is 17.6 Å². The second-order valence-corrected chi connectivity index (χ2v) is 7.77. The fourth-order valence-electron chi connectivity index (χ4n) is 4.30. The molecule has 0 saturated carbocycles. The number of ether oxygens (including phenoxy) is 1. The minimum atomic E-state index is -0.636. The molecule has 1 saturated heterocycles. The summed E-state index contributed by atoms with van der Waals surface area (Å²) in [5, 5.41) is 20.8. The van der Waals surface area contributed by atoms with Crippen LogP contribution in [0, 0.1) is 0 Å². The zero-order valence-electron chi connectivity index (χ0n) is 15.7. The van der Waals surface area contributed by atoms with Gasteiger partial charge in [0.05, 0.1) is 5.60 Å². The highest BCUT2D eigenvalue weighted by Gasteiger charge is 2.38. The topological polar surface area (TPSA) is 52.9 Å². The molecule has 4 nitrogen and oxygen atoms in total. The first-order chi connectivity index (χ1) is 12.5. The van der Waals surface area contributed by atoms with Crippen molar-refractivity contribution in [3.05, 3.63) is 59.7 Å². The Balaban J connectivity index is 0.00000210. The Bertz CT molecular complexity index is 759. The molecule has 2 heterocycles. The monoisotopic (exact) mass is 389 g/mol. The maximum Gasteiger partial charge on any atom is 0.123 e. The number of likely N-dealkylation sites (tertiary alicyclic amines) is 1. The molecule has 0 aromatic heterocycles. The number of phenolic OH excluding ortho intramolecular Hbond substituents is 1. The summed E-state index contributed by atoms with van der Waals surface area (Å²) in [4.78, 5) is 2.39. The van der Waals surface area contributed by atoms with E-state index in [1.165, 1.54) is 5.56 Å². The van der Waals surface area contributed by atoms with Crippen LogP contribution in [-0.4, -0.2) is 46.5 Å². The lowest BCUT2D eigenvalue weighted by Gasteiger charge is -2.42. The fraction of sp³-hybridized carbons (Fsp3) is 0.455. The summed E-state index contributed by atoms with van der Waals surface area (Å²) in [5.41, 5.74) is 1.66. The van der Waals surface area contributed by atoms with Crippen molar-refractivity contribution in [2.45, 2.75) is 43.8 Å². The Morgan fingerprint density at radius 1 is 1.15 bits per heavy atom. The molecule has 5 heteroatoms. The average Bonchev–Trinajstić information content (AvgIpc) is 3.05. The highest BCUT2D eigenvalue weighted by molar-refractivity contribution is 5.85. The zero-order valence-corrected chi connectivity index (χ0v) is 16.5. The molecule has 2 aliphatic heterocycles. The molecule has 27 heavy (non-hydrogen) atoms. The summed E-state index contributed by atoms with van der Waals surface area (Å²) >= 11 is 0. The van der Waals surface area contributed by atoms with Crippen molar-refractivity contribution in [3.63, 3.8) is 0 Å². The van der Waals surface area contributed by atoms with Crippen LogP contribution in [0.3, 0.4) is 0 Å². The van der Waals surface area contributed by atoms with Crippen molar-refractivity contribution in [2.75, 3.05) is 19.6 Å². The van der Waals surface area contributed by atoms with Crippen molar-refractivity contribution in [1.82, 2.24) is 4.90 Å². The lowest BCUT2D eigenvalue weighted by molar-refractivity contribution is -0.0435. The van der Waals surface area contributed by atoms with E-state index in [-0.39, 0.29) is 24.4 Å². The van der Waals surface area contributed by atoms with Crippen LogP contribution in [0.5, 0.6) is 11.5 Å². The molecule has 0 spiro atoms. The number of rotatable bonds is 4. The molecule has 1 fully saturated rings. The lowest BCUT2D eigenvalue weighted by Crippen LogP contribution is -2.49. The number of nitrogens with zero attached hydrogens (tertiary/aromatic N) is 1. The van der Waals surface area contributed by atoms with Gasteiger partial charge in [0.15, 0.2) is 0 Å². The minimum absolute atomic E-state index is 0. The highest BCUT2D eigenvalue weighted by Crippen LogP contribution is 2.37. The summed E-state index contributed by atoms with van der Waals surface area (Å²) in [6.07, 6.45) is 2.53. The summed E-state index contributed by atoms with van der Waals surface area (Å²) in [6.45, 7) is 4.77. The van der Waals surface area contributed by atoms with Gasteiger partial charge in [0, 0.05) is 37.5 Å². The van der Waals surface area contributed by atoms with E-state index in [1.54, 1.807) is 12.1 Å². The SMILES string of the molecule is C[C@H](c1ccccc1)C1(O)CCN(CC2Cc3cc(O)ccc3O2)CC1.Cl. The Morgan fingerprint density at radius 2 is 1.85 bits per heavy atom. The van der Waals surface area contributed by atoms with Crippen LogP contribution in [-0.2, 0) is 6.42 Å². The van der Waals surface area contributed by atoms with Gasteiger partial charge in [-0.25, -0.2) is 0 Å². The van der Waals surface area contributed by atoms with E-state index in [1.807, 2.05) is 24.3 Å². The van der Waals surface area contributed by atoms with Gasteiger partial charge in [-0.15, -0.1) is 12.4 Å². The first-order valence-electron chi connectivity index (χ1n) is 9.52. The van der Waals surface area contributed by atoms with E-state index in [4.69, 9.17) is 4.74 Å². The third-order valence-electron chi connectivity index (χ3n) is 6.07. The van der Waals surface area contributed by atoms with E-state index in [0.717, 1.165) is 50.2 Å². The third-order valence-corrected chi connectivity index (χ3v) is 6.07. The molecule has 146 valence electrons. The van der Waals surface area contributed by atoms with Gasteiger partial charge in [0.2, 0.25) is 0 Å². The molecule has 4 rings (SSSR count). The van der Waals surface area contributed by atoms with E-state index < -0.39 is 5.60 Å². The molecule has 2 aromatic rings. The number of hydrogen-bond donors (Lipinski definition) is 2. The molecular weight excluding hydrogens is 362 g/mol. The molecule has 1 unspecified atom stereocenters. The van der Waals surface area contributed by atoms with Crippen LogP contribution in [0.1, 0.15) is 36.8 Å². The minimum Gasteiger partial charge on any atom is -0.508 e. The first-order valence-corrected chi connectivity index (χ1v) is 9.52. The Hall–Kier alpha value is -1.75. The fourth-order valence-corrected chi connectivity index (χ4v) is 4.30. The van der Waals surface area contributed by atoms with Crippen LogP contribution in [0.2, 0.25) is 0 Å². The number of aliphatic hydroxyl groups is 1. The van der Waals surface area contributed by atoms with Crippen LogP contribution < -0.4 is 4.74 Å². The maximum absolute atomic E-state index is 11.2. The van der Waals surface area contributed by atoms with Gasteiger partial charge in [-0.1, -0.05) is 37.3 Å². The number of benzene rings is 2. The normalized spacial score (nSPS) is 22.4. The van der Waals surface area contributed by atoms with Gasteiger partial charge in [-0.3, -0.25) is 4.90 Å². The second kappa shape index (κ2) is 8.09. The van der Waals surface area contributed by atoms with Crippen LogP contribution in [0.25, 0.3) is 0 Å². The predicted octanol–water partition coefficient (Wildman–Crippen LogP) is 3.75. The molecule has 2 N–H and O–H groups in total. The number of phenols is 1. The van der Waals surface area contributed by atoms with E-state index in [9.17, 15) is 10.2 Å². The zero-order chi connectivity index (χ0) is 18.1. The van der Waals surface area contributed by atoms with Gasteiger partial charge >= 0.3 is 0 Å². The summed E-state index contributed by atoms with van der Waals surface area (Å²) in [5.74, 6) is 1.32. The second-order valence-electron chi connectivity index (χ2n) is 7.77. The molecule has 2 aromatic carbocycles. The lowest BCUT2D eigenvalue weighted by atomic mass is 9.77. The molecule has 2 atom stereocenters. The number of aromatic hydroxyl groups is 1. The van der Waals surface area contributed by atoms with Gasteiger partial charge < -0.3 is 14.9 Å². The Kier molecular flexibility index (Phi) is 5.99. The van der Waals surface area contributed by atoms with Crippen molar-refractivity contribution in [1.29, 1.82) is 0 Å². The third kappa shape index (κ3) is 4.23. The summed E-state index contributed by atoms with van der Waals surface area (Å²) < 4.78 is 6.02. The summed E-state index contributed by atoms with van der Waals surface area (Å²) in [6, 6.07) is 15.6. The summed E-state index contributed by atoms with van der Waals surface area (Å²) in [7, 11) is 0. The van der Waals surface area contributed by atoms with E-state index in [0.29, 0.717) is 5.75 Å². The van der Waals surface area contributed by atoms with Gasteiger partial charge in [-0.2, -0.15) is 0 Å². The predicted molar refractivity (Wildman–Crippen MR) is 109 cm³/mol. The molecule has 0 bridgehead atoms. The van der Waals surface area contributed by atoms with Crippen molar-refractivity contribution < 1.29 is 14.9 Å². The first kappa shape index (κ1) is 20.0. The van der Waals surface area contributed by atoms with Crippen LogP contribution in [0.4, 0.5) is 0 Å². The van der Waals surface area contributed by atoms with E-state index >= 15 is 0 Å². The number of halogens is 1. The number of hydrogen-bond acceptors (Lipinski definition) is 4. The molecule has 2 aliphatic rings. The maximum atomic E-state index is 11.2. The molecule has 0 aliphatic carbocycles. The molecule has 0 amide bonds. The van der Waals surface area contributed by atoms with Gasteiger partial charge in [0.25, 0.3) is 0 Å². The number of fused-ring (bicyclic) bond motifs is 1. The van der Waals surface area contributed by atoms with Crippen LogP contribution >= 0.6 is 12.4 Å². The highest BCUT2D eigenvalue weighted by atomic mass is 35.5. The standard InChI is InChI=1S/C22H27NO3.ClH/c1-16(17-5-3-2-4-6-17)22(25)9-11-23(12-10-22)15-20-14-18-13-19(24)7-8-21(18)26-20;/h2-8,13,16,20,24-25H,9-12,14-15H2,1H3;1H/t16-,20?;/m1./s1. The smallest absolute Gasteiger partial charge is 0.123 e. The Labute approximate surface area is 167 Å².